The van der Waals surface area contributed by atoms with Gasteiger partial charge in [0.2, 0.25) is 0 Å². The first-order valence-corrected chi connectivity index (χ1v) is 12.6. The second kappa shape index (κ2) is 10.5. The molecule has 1 heterocycles. The lowest BCUT2D eigenvalue weighted by Gasteiger charge is -2.27. The molecule has 190 valence electrons. The normalized spacial score (nSPS) is 12.8. The van der Waals surface area contributed by atoms with Crippen molar-refractivity contribution in [3.05, 3.63) is 77.2 Å². The number of benzene rings is 2. The summed E-state index contributed by atoms with van der Waals surface area (Å²) in [6, 6.07) is 15.2. The molecule has 0 unspecified atom stereocenters. The van der Waals surface area contributed by atoms with Gasteiger partial charge in [-0.1, -0.05) is 37.3 Å². The molecule has 0 aliphatic heterocycles. The zero-order valence-electron chi connectivity index (χ0n) is 19.7. The van der Waals surface area contributed by atoms with E-state index in [4.69, 9.17) is 5.10 Å². The van der Waals surface area contributed by atoms with Crippen LogP contribution in [0, 0.1) is 5.82 Å². The van der Waals surface area contributed by atoms with Crippen molar-refractivity contribution in [1.82, 2.24) is 19.2 Å². The van der Waals surface area contributed by atoms with Gasteiger partial charge in [0.15, 0.2) is 0 Å². The maximum absolute atomic E-state index is 13.2. The van der Waals surface area contributed by atoms with E-state index < -0.39 is 22.0 Å². The van der Waals surface area contributed by atoms with Crippen LogP contribution in [0.2, 0.25) is 0 Å². The highest BCUT2D eigenvalue weighted by Crippen LogP contribution is 2.28. The van der Waals surface area contributed by atoms with E-state index in [9.17, 15) is 26.0 Å². The Kier molecular flexibility index (Phi) is 8.03. The Morgan fingerprint density at radius 3 is 2.29 bits per heavy atom. The van der Waals surface area contributed by atoms with Gasteiger partial charge >= 0.3 is 6.30 Å². The molecule has 0 spiro atoms. The van der Waals surface area contributed by atoms with Crippen molar-refractivity contribution in [3.8, 4) is 11.3 Å². The van der Waals surface area contributed by atoms with Crippen molar-refractivity contribution in [1.29, 1.82) is 0 Å². The number of alkyl halides is 3. The zero-order chi connectivity index (χ0) is 25.9. The molecule has 0 saturated heterocycles. The molecule has 0 radical (unpaired) electrons. The van der Waals surface area contributed by atoms with Crippen LogP contribution in [0.5, 0.6) is 0 Å². The van der Waals surface area contributed by atoms with E-state index in [0.29, 0.717) is 29.7 Å². The SMILES string of the molecule is CCCn1nc(CCc2ccc(F)cc2)cc1-c1cccc(C(C)(C)NS(=O)(=O)NC(F)(F)F)c1. The van der Waals surface area contributed by atoms with Crippen LogP contribution in [0.15, 0.2) is 54.6 Å². The highest BCUT2D eigenvalue weighted by Gasteiger charge is 2.37. The molecule has 2 aromatic carbocycles. The molecule has 3 aromatic rings. The molecule has 2 N–H and O–H groups in total. The summed E-state index contributed by atoms with van der Waals surface area (Å²) in [5.74, 6) is -0.289. The van der Waals surface area contributed by atoms with Crippen molar-refractivity contribution < 1.29 is 26.0 Å². The van der Waals surface area contributed by atoms with Crippen molar-refractivity contribution >= 4 is 10.2 Å². The Labute approximate surface area is 202 Å². The van der Waals surface area contributed by atoms with Gasteiger partial charge in [-0.25, -0.2) is 4.39 Å². The van der Waals surface area contributed by atoms with E-state index in [-0.39, 0.29) is 5.82 Å². The second-order valence-electron chi connectivity index (χ2n) is 8.78. The third-order valence-electron chi connectivity index (χ3n) is 5.37. The van der Waals surface area contributed by atoms with Crippen LogP contribution < -0.4 is 9.44 Å². The molecular weight excluding hydrogens is 484 g/mol. The molecular formula is C24H28F4N4O2S. The van der Waals surface area contributed by atoms with Gasteiger partial charge < -0.3 is 0 Å². The maximum Gasteiger partial charge on any atom is 0.471 e. The summed E-state index contributed by atoms with van der Waals surface area (Å²) in [7, 11) is -4.84. The molecule has 1 aromatic heterocycles. The smallest absolute Gasteiger partial charge is 0.265 e. The summed E-state index contributed by atoms with van der Waals surface area (Å²) in [6.07, 6.45) is -2.92. The van der Waals surface area contributed by atoms with Crippen molar-refractivity contribution in [2.75, 3.05) is 0 Å². The Bertz CT molecular complexity index is 1250. The average Bonchev–Trinajstić information content (AvgIpc) is 3.14. The van der Waals surface area contributed by atoms with Crippen LogP contribution in [0.25, 0.3) is 11.3 Å². The van der Waals surface area contributed by atoms with Crippen LogP contribution in [0.3, 0.4) is 0 Å². The number of aryl methyl sites for hydroxylation is 3. The summed E-state index contributed by atoms with van der Waals surface area (Å²) in [5.41, 5.74) is 2.56. The highest BCUT2D eigenvalue weighted by molar-refractivity contribution is 7.87. The van der Waals surface area contributed by atoms with E-state index in [1.54, 1.807) is 30.3 Å². The standard InChI is InChI=1S/C24H28F4N4O2S/c1-4-14-32-22(16-21(29-32)13-10-17-8-11-20(25)12-9-17)18-6-5-7-19(15-18)23(2,3)30-35(33,34)31-24(26,27)28/h5-9,11-12,15-16,30-31H,4,10,13-14H2,1-3H3. The van der Waals surface area contributed by atoms with E-state index in [1.165, 1.54) is 26.0 Å². The summed E-state index contributed by atoms with van der Waals surface area (Å²) in [6.45, 7) is 5.64. The number of nitrogens with one attached hydrogen (secondary N) is 2. The van der Waals surface area contributed by atoms with Gasteiger partial charge in [-0.05, 0) is 68.5 Å². The van der Waals surface area contributed by atoms with Gasteiger partial charge in [-0.3, -0.25) is 4.68 Å². The van der Waals surface area contributed by atoms with Crippen molar-refractivity contribution in [2.45, 2.75) is 58.4 Å². The van der Waals surface area contributed by atoms with E-state index >= 15 is 0 Å². The minimum absolute atomic E-state index is 0.289. The van der Waals surface area contributed by atoms with E-state index in [1.807, 2.05) is 23.7 Å². The number of hydrogen-bond donors (Lipinski definition) is 2. The molecule has 0 aliphatic rings. The van der Waals surface area contributed by atoms with Gasteiger partial charge in [0.05, 0.1) is 16.9 Å². The summed E-state index contributed by atoms with van der Waals surface area (Å²) in [5, 5.41) is 4.70. The average molecular weight is 513 g/mol. The molecule has 0 bridgehead atoms. The summed E-state index contributed by atoms with van der Waals surface area (Å²) in [4.78, 5) is 0. The first kappa shape index (κ1) is 26.8. The van der Waals surface area contributed by atoms with Crippen LogP contribution in [-0.4, -0.2) is 24.5 Å². The fraction of sp³-hybridized carbons (Fsp3) is 0.375. The van der Waals surface area contributed by atoms with Crippen LogP contribution in [-0.2, 0) is 35.1 Å². The molecule has 0 fully saturated rings. The predicted octanol–water partition coefficient (Wildman–Crippen LogP) is 5.06. The monoisotopic (exact) mass is 512 g/mol. The molecule has 0 saturated carbocycles. The topological polar surface area (TPSA) is 76.0 Å². The van der Waals surface area contributed by atoms with Crippen LogP contribution in [0.1, 0.15) is 44.0 Å². The largest absolute Gasteiger partial charge is 0.471 e. The Hall–Kier alpha value is -2.76. The Balaban J connectivity index is 1.86. The lowest BCUT2D eigenvalue weighted by atomic mass is 9.93. The van der Waals surface area contributed by atoms with Gasteiger partial charge in [0.1, 0.15) is 5.82 Å². The minimum Gasteiger partial charge on any atom is -0.265 e. The molecule has 11 heteroatoms. The second-order valence-corrected chi connectivity index (χ2v) is 10.2. The number of hydrogen-bond acceptors (Lipinski definition) is 3. The number of halogens is 4. The predicted molar refractivity (Wildman–Crippen MR) is 126 cm³/mol. The first-order valence-electron chi connectivity index (χ1n) is 11.1. The van der Waals surface area contributed by atoms with E-state index in [0.717, 1.165) is 28.9 Å². The molecule has 6 nitrogen and oxygen atoms in total. The number of aromatic nitrogens is 2. The minimum atomic E-state index is -5.08. The van der Waals surface area contributed by atoms with Crippen molar-refractivity contribution in [3.63, 3.8) is 0 Å². The van der Waals surface area contributed by atoms with E-state index in [2.05, 4.69) is 4.72 Å². The molecule has 3 rings (SSSR count). The number of nitrogens with zero attached hydrogens (tertiary/aromatic N) is 2. The lowest BCUT2D eigenvalue weighted by Crippen LogP contribution is -2.51. The fourth-order valence-corrected chi connectivity index (χ4v) is 4.92. The lowest BCUT2D eigenvalue weighted by molar-refractivity contribution is -0.138. The zero-order valence-corrected chi connectivity index (χ0v) is 20.5. The van der Waals surface area contributed by atoms with Crippen LogP contribution in [0.4, 0.5) is 17.6 Å². The van der Waals surface area contributed by atoms with Crippen molar-refractivity contribution in [2.24, 2.45) is 0 Å². The van der Waals surface area contributed by atoms with Gasteiger partial charge in [0.25, 0.3) is 10.2 Å². The maximum atomic E-state index is 13.2. The third kappa shape index (κ3) is 7.61. The van der Waals surface area contributed by atoms with Gasteiger partial charge in [-0.2, -0.15) is 31.4 Å². The molecule has 0 amide bonds. The Morgan fingerprint density at radius 2 is 1.66 bits per heavy atom. The van der Waals surface area contributed by atoms with Gasteiger partial charge in [-0.15, -0.1) is 4.72 Å². The van der Waals surface area contributed by atoms with Crippen LogP contribution >= 0.6 is 0 Å². The molecule has 0 aliphatic carbocycles. The molecule has 0 atom stereocenters. The highest BCUT2D eigenvalue weighted by atomic mass is 32.2. The Morgan fingerprint density at radius 1 is 0.971 bits per heavy atom. The summed E-state index contributed by atoms with van der Waals surface area (Å²) >= 11 is 0. The fourth-order valence-electron chi connectivity index (χ4n) is 3.77. The quantitative estimate of drug-likeness (QED) is 0.294. The molecule has 35 heavy (non-hydrogen) atoms. The van der Waals surface area contributed by atoms with Gasteiger partial charge in [0, 0.05) is 12.1 Å². The first-order chi connectivity index (χ1) is 16.3. The summed E-state index contributed by atoms with van der Waals surface area (Å²) < 4.78 is 79.4. The third-order valence-corrected chi connectivity index (χ3v) is 6.65. The number of rotatable bonds is 10.